The fraction of sp³-hybridized carbons (Fsp3) is 0.0909. The van der Waals surface area contributed by atoms with Gasteiger partial charge >= 0.3 is 0 Å². The lowest BCUT2D eigenvalue weighted by atomic mass is 10.0. The molecule has 0 aromatic heterocycles. The Morgan fingerprint density at radius 2 is 1.67 bits per heavy atom. The molecule has 8 nitrogen and oxygen atoms in total. The summed E-state index contributed by atoms with van der Waals surface area (Å²) >= 11 is 0. The minimum Gasteiger partial charge on any atom is -0.477 e. The van der Waals surface area contributed by atoms with Gasteiger partial charge in [0.1, 0.15) is 0 Å². The highest BCUT2D eigenvalue weighted by molar-refractivity contribution is 5.85. The van der Waals surface area contributed by atoms with E-state index in [0.717, 1.165) is 5.56 Å². The molecule has 0 aliphatic carbocycles. The number of nitro benzene ring substituents is 1. The highest BCUT2D eigenvalue weighted by atomic mass is 16.6. The number of ether oxygens (including phenoxy) is 2. The summed E-state index contributed by atoms with van der Waals surface area (Å²) < 4.78 is 12.0. The molecule has 8 heteroatoms. The van der Waals surface area contributed by atoms with E-state index in [-0.39, 0.29) is 5.69 Å². The van der Waals surface area contributed by atoms with E-state index in [2.05, 4.69) is 10.5 Å². The van der Waals surface area contributed by atoms with Gasteiger partial charge in [-0.1, -0.05) is 54.6 Å². The monoisotopic (exact) mass is 403 g/mol. The summed E-state index contributed by atoms with van der Waals surface area (Å²) in [4.78, 5) is 23.2. The Morgan fingerprint density at radius 3 is 2.40 bits per heavy atom. The van der Waals surface area contributed by atoms with Gasteiger partial charge in [-0.15, -0.1) is 0 Å². The Balaban J connectivity index is 1.53. The zero-order chi connectivity index (χ0) is 20.9. The topological polar surface area (TPSA) is 103 Å². The first-order valence-electron chi connectivity index (χ1n) is 9.16. The molecule has 0 radical (unpaired) electrons. The predicted octanol–water partition coefficient (Wildman–Crippen LogP) is 3.63. The van der Waals surface area contributed by atoms with E-state index in [1.165, 1.54) is 18.3 Å². The van der Waals surface area contributed by atoms with Crippen molar-refractivity contribution < 1.29 is 19.2 Å². The maximum Gasteiger partial charge on any atom is 0.285 e. The molecular formula is C22H17N3O5. The first-order valence-corrected chi connectivity index (χ1v) is 9.16. The molecule has 1 amide bonds. The van der Waals surface area contributed by atoms with Gasteiger partial charge in [0.25, 0.3) is 11.6 Å². The molecule has 1 aliphatic rings. The zero-order valence-corrected chi connectivity index (χ0v) is 15.7. The van der Waals surface area contributed by atoms with E-state index < -0.39 is 23.0 Å². The SMILES string of the molecule is O=C(N/N=C\c1cccc([N+](=O)[O-])c1)[C@H]1Oc2ccccc2O[C@H]1c1ccccc1. The van der Waals surface area contributed by atoms with Crippen LogP contribution in [0.3, 0.4) is 0 Å². The summed E-state index contributed by atoms with van der Waals surface area (Å²) in [5.74, 6) is 0.517. The van der Waals surface area contributed by atoms with Gasteiger partial charge in [0.15, 0.2) is 17.6 Å². The highest BCUT2D eigenvalue weighted by Gasteiger charge is 2.38. The predicted molar refractivity (Wildman–Crippen MR) is 110 cm³/mol. The average Bonchev–Trinajstić information content (AvgIpc) is 2.79. The van der Waals surface area contributed by atoms with Gasteiger partial charge in [-0.05, 0) is 17.7 Å². The number of hydrazone groups is 1. The number of rotatable bonds is 5. The molecule has 1 heterocycles. The number of nitrogens with zero attached hydrogens (tertiary/aromatic N) is 2. The molecule has 1 aliphatic heterocycles. The Bertz CT molecular complexity index is 1100. The molecule has 3 aromatic rings. The van der Waals surface area contributed by atoms with E-state index in [0.29, 0.717) is 17.1 Å². The molecule has 2 atom stereocenters. The number of carbonyl (C=O) groups excluding carboxylic acids is 1. The number of carbonyl (C=O) groups is 1. The smallest absolute Gasteiger partial charge is 0.285 e. The van der Waals surface area contributed by atoms with Crippen molar-refractivity contribution in [3.63, 3.8) is 0 Å². The molecule has 30 heavy (non-hydrogen) atoms. The van der Waals surface area contributed by atoms with Gasteiger partial charge in [0, 0.05) is 17.7 Å². The van der Waals surface area contributed by atoms with Crippen LogP contribution in [0, 0.1) is 10.1 Å². The number of non-ortho nitro benzene ring substituents is 1. The number of amides is 1. The highest BCUT2D eigenvalue weighted by Crippen LogP contribution is 2.39. The van der Waals surface area contributed by atoms with Crippen LogP contribution in [0.5, 0.6) is 11.5 Å². The largest absolute Gasteiger partial charge is 0.477 e. The van der Waals surface area contributed by atoms with Gasteiger partial charge in [0.05, 0.1) is 11.1 Å². The third kappa shape index (κ3) is 4.12. The van der Waals surface area contributed by atoms with Crippen LogP contribution in [-0.4, -0.2) is 23.1 Å². The van der Waals surface area contributed by atoms with E-state index in [1.807, 2.05) is 36.4 Å². The molecule has 0 saturated carbocycles. The molecule has 0 unspecified atom stereocenters. The molecule has 3 aromatic carbocycles. The maximum absolute atomic E-state index is 12.8. The van der Waals surface area contributed by atoms with Crippen LogP contribution in [-0.2, 0) is 4.79 Å². The van der Waals surface area contributed by atoms with Crippen LogP contribution in [0.15, 0.2) is 84.0 Å². The third-order valence-corrected chi connectivity index (χ3v) is 4.49. The number of hydrogen-bond donors (Lipinski definition) is 1. The Labute approximate surface area is 171 Å². The number of nitrogens with one attached hydrogen (secondary N) is 1. The van der Waals surface area contributed by atoms with Crippen LogP contribution in [0.25, 0.3) is 0 Å². The summed E-state index contributed by atoms with van der Waals surface area (Å²) in [5, 5.41) is 14.8. The van der Waals surface area contributed by atoms with Crippen molar-refractivity contribution in [3.05, 3.63) is 100 Å². The molecule has 0 fully saturated rings. The van der Waals surface area contributed by atoms with E-state index in [4.69, 9.17) is 9.47 Å². The number of nitro groups is 1. The Hall–Kier alpha value is -4.20. The van der Waals surface area contributed by atoms with Gasteiger partial charge in [-0.3, -0.25) is 14.9 Å². The first-order chi connectivity index (χ1) is 14.6. The van der Waals surface area contributed by atoms with E-state index >= 15 is 0 Å². The lowest BCUT2D eigenvalue weighted by Gasteiger charge is -2.32. The van der Waals surface area contributed by atoms with Crippen molar-refractivity contribution >= 4 is 17.8 Å². The van der Waals surface area contributed by atoms with Gasteiger partial charge in [0.2, 0.25) is 6.10 Å². The van der Waals surface area contributed by atoms with Crippen molar-refractivity contribution in [2.45, 2.75) is 12.2 Å². The number of benzene rings is 3. The minimum absolute atomic E-state index is 0.0601. The van der Waals surface area contributed by atoms with Gasteiger partial charge < -0.3 is 9.47 Å². The van der Waals surface area contributed by atoms with Crippen LogP contribution < -0.4 is 14.9 Å². The standard InChI is InChI=1S/C22H17N3O5/c26-22(24-23-14-15-7-6-10-17(13-15)25(27)28)21-20(16-8-2-1-3-9-16)29-18-11-4-5-12-19(18)30-21/h1-14,20-21H,(H,24,26)/b23-14-/t20-,21-/m0/s1. The number of fused-ring (bicyclic) bond motifs is 1. The van der Waals surface area contributed by atoms with Crippen molar-refractivity contribution in [1.29, 1.82) is 0 Å². The van der Waals surface area contributed by atoms with Gasteiger partial charge in [-0.2, -0.15) is 5.10 Å². The van der Waals surface area contributed by atoms with Gasteiger partial charge in [-0.25, -0.2) is 5.43 Å². The second kappa shape index (κ2) is 8.44. The summed E-state index contributed by atoms with van der Waals surface area (Å²) in [7, 11) is 0. The zero-order valence-electron chi connectivity index (χ0n) is 15.7. The molecule has 0 spiro atoms. The second-order valence-corrected chi connectivity index (χ2v) is 6.52. The second-order valence-electron chi connectivity index (χ2n) is 6.52. The third-order valence-electron chi connectivity index (χ3n) is 4.49. The molecule has 0 saturated heterocycles. The van der Waals surface area contributed by atoms with E-state index in [1.54, 1.807) is 30.3 Å². The average molecular weight is 403 g/mol. The number of para-hydroxylation sites is 2. The van der Waals surface area contributed by atoms with Crippen LogP contribution in [0.2, 0.25) is 0 Å². The maximum atomic E-state index is 12.8. The van der Waals surface area contributed by atoms with Crippen molar-refractivity contribution in [1.82, 2.24) is 5.43 Å². The van der Waals surface area contributed by atoms with Crippen LogP contribution >= 0.6 is 0 Å². The molecule has 0 bridgehead atoms. The quantitative estimate of drug-likeness (QED) is 0.398. The number of hydrogen-bond acceptors (Lipinski definition) is 6. The van der Waals surface area contributed by atoms with Crippen LogP contribution in [0.4, 0.5) is 5.69 Å². The lowest BCUT2D eigenvalue weighted by Crippen LogP contribution is -2.44. The Morgan fingerprint density at radius 1 is 0.967 bits per heavy atom. The minimum atomic E-state index is -0.968. The molecule has 4 rings (SSSR count). The fourth-order valence-electron chi connectivity index (χ4n) is 3.07. The van der Waals surface area contributed by atoms with Crippen molar-refractivity contribution in [2.75, 3.05) is 0 Å². The summed E-state index contributed by atoms with van der Waals surface area (Å²) in [6.45, 7) is 0. The first kappa shape index (κ1) is 19.1. The summed E-state index contributed by atoms with van der Waals surface area (Å²) in [6.07, 6.45) is -0.293. The van der Waals surface area contributed by atoms with Crippen molar-refractivity contribution in [2.24, 2.45) is 5.10 Å². The van der Waals surface area contributed by atoms with Crippen LogP contribution in [0.1, 0.15) is 17.2 Å². The molecule has 150 valence electrons. The Kier molecular flexibility index (Phi) is 5.38. The molecule has 1 N–H and O–H groups in total. The fourth-order valence-corrected chi connectivity index (χ4v) is 3.07. The van der Waals surface area contributed by atoms with E-state index in [9.17, 15) is 14.9 Å². The van der Waals surface area contributed by atoms with Crippen molar-refractivity contribution in [3.8, 4) is 11.5 Å². The lowest BCUT2D eigenvalue weighted by molar-refractivity contribution is -0.384. The normalized spacial score (nSPS) is 17.5. The summed E-state index contributed by atoms with van der Waals surface area (Å²) in [5.41, 5.74) is 3.64. The summed E-state index contributed by atoms with van der Waals surface area (Å²) in [6, 6.07) is 22.3. The molecular weight excluding hydrogens is 386 g/mol.